The maximum Gasteiger partial charge on any atom is 0.151 e. The lowest BCUT2D eigenvalue weighted by Crippen LogP contribution is -2.45. The molecular formula is C30H39N3O4S2. The number of likely N-dealkylation sites (tertiary alicyclic amines) is 1. The lowest BCUT2D eigenvalue weighted by molar-refractivity contribution is -0.112. The average molecular weight is 570 g/mol. The van der Waals surface area contributed by atoms with E-state index in [9.17, 15) is 13.2 Å². The molecule has 0 aliphatic carbocycles. The third kappa shape index (κ3) is 6.70. The van der Waals surface area contributed by atoms with E-state index in [4.69, 9.17) is 4.74 Å². The minimum absolute atomic E-state index is 0.0947. The number of ether oxygens (including phenoxy) is 1. The summed E-state index contributed by atoms with van der Waals surface area (Å²) in [5.74, 6) is 1.64. The van der Waals surface area contributed by atoms with Gasteiger partial charge in [0.1, 0.15) is 24.1 Å². The Kier molecular flexibility index (Phi) is 8.71. The van der Waals surface area contributed by atoms with Crippen LogP contribution in [-0.2, 0) is 27.8 Å². The number of nitrogens with one attached hydrogen (secondary N) is 1. The molecule has 2 atom stereocenters. The Hall–Kier alpha value is -2.33. The van der Waals surface area contributed by atoms with Gasteiger partial charge in [0.05, 0.1) is 17.2 Å². The summed E-state index contributed by atoms with van der Waals surface area (Å²) in [4.78, 5) is 15.7. The quantitative estimate of drug-likeness (QED) is 0.447. The molecule has 3 heterocycles. The van der Waals surface area contributed by atoms with Crippen molar-refractivity contribution in [3.8, 4) is 5.75 Å². The smallest absolute Gasteiger partial charge is 0.151 e. The van der Waals surface area contributed by atoms with Crippen molar-refractivity contribution in [2.45, 2.75) is 57.8 Å². The van der Waals surface area contributed by atoms with Crippen LogP contribution in [0.5, 0.6) is 5.75 Å². The van der Waals surface area contributed by atoms with Crippen molar-refractivity contribution in [1.29, 1.82) is 0 Å². The average Bonchev–Trinajstić information content (AvgIpc) is 3.55. The van der Waals surface area contributed by atoms with Crippen LogP contribution in [0.1, 0.15) is 47.1 Å². The molecule has 7 nitrogen and oxygen atoms in total. The molecule has 0 aromatic heterocycles. The van der Waals surface area contributed by atoms with Gasteiger partial charge in [-0.15, -0.1) is 0 Å². The van der Waals surface area contributed by atoms with Gasteiger partial charge in [-0.05, 0) is 73.9 Å². The number of hydrogen-bond acceptors (Lipinski definition) is 8. The molecule has 0 saturated carbocycles. The molecule has 0 radical (unpaired) electrons. The highest BCUT2D eigenvalue weighted by molar-refractivity contribution is 8.03. The molecule has 39 heavy (non-hydrogen) atoms. The minimum Gasteiger partial charge on any atom is -0.488 e. The van der Waals surface area contributed by atoms with Crippen LogP contribution in [0.25, 0.3) is 5.70 Å². The van der Waals surface area contributed by atoms with E-state index >= 15 is 0 Å². The highest BCUT2D eigenvalue weighted by Crippen LogP contribution is 2.37. The summed E-state index contributed by atoms with van der Waals surface area (Å²) in [6.45, 7) is 7.25. The van der Waals surface area contributed by atoms with Gasteiger partial charge < -0.3 is 14.8 Å². The van der Waals surface area contributed by atoms with Crippen LogP contribution in [0.2, 0.25) is 0 Å². The molecular weight excluding hydrogens is 530 g/mol. The number of piperidine rings is 1. The molecule has 2 saturated heterocycles. The van der Waals surface area contributed by atoms with E-state index in [0.717, 1.165) is 66.9 Å². The highest BCUT2D eigenvalue weighted by Gasteiger charge is 2.31. The summed E-state index contributed by atoms with van der Waals surface area (Å²) >= 11 is 1.78. The first-order valence-electron chi connectivity index (χ1n) is 13.8. The first-order chi connectivity index (χ1) is 18.7. The summed E-state index contributed by atoms with van der Waals surface area (Å²) in [5, 5.41) is 5.86. The molecule has 2 aromatic carbocycles. The molecule has 3 aliphatic rings. The van der Waals surface area contributed by atoms with E-state index in [-0.39, 0.29) is 23.2 Å². The molecule has 0 amide bonds. The third-order valence-corrected chi connectivity index (χ3v) is 11.0. The van der Waals surface area contributed by atoms with Gasteiger partial charge in [-0.2, -0.15) is 0 Å². The second-order valence-corrected chi connectivity index (χ2v) is 14.3. The van der Waals surface area contributed by atoms with Crippen LogP contribution in [0.3, 0.4) is 0 Å². The molecule has 0 bridgehead atoms. The van der Waals surface area contributed by atoms with Crippen molar-refractivity contribution in [1.82, 2.24) is 15.1 Å². The van der Waals surface area contributed by atoms with Gasteiger partial charge in [-0.1, -0.05) is 42.1 Å². The maximum absolute atomic E-state index is 11.9. The zero-order valence-electron chi connectivity index (χ0n) is 23.1. The van der Waals surface area contributed by atoms with Crippen molar-refractivity contribution < 1.29 is 17.9 Å². The number of carbonyl (C=O) groups excluding carboxylic acids is 1. The first-order valence-corrected chi connectivity index (χ1v) is 16.5. The predicted octanol–water partition coefficient (Wildman–Crippen LogP) is 4.33. The number of sulfone groups is 1. The Bertz CT molecular complexity index is 1340. The van der Waals surface area contributed by atoms with Crippen LogP contribution >= 0.6 is 11.8 Å². The normalized spacial score (nSPS) is 23.5. The maximum atomic E-state index is 11.9. The Morgan fingerprint density at radius 3 is 2.62 bits per heavy atom. The number of carbonyl (C=O) groups is 1. The van der Waals surface area contributed by atoms with E-state index in [1.165, 1.54) is 11.1 Å². The minimum atomic E-state index is -2.89. The Morgan fingerprint density at radius 2 is 1.92 bits per heavy atom. The highest BCUT2D eigenvalue weighted by atomic mass is 32.2. The second-order valence-electron chi connectivity index (χ2n) is 11.1. The summed E-state index contributed by atoms with van der Waals surface area (Å²) in [6, 6.07) is 12.8. The van der Waals surface area contributed by atoms with E-state index in [2.05, 4.69) is 70.8 Å². The van der Waals surface area contributed by atoms with Crippen LogP contribution in [0.4, 0.5) is 0 Å². The standard InChI is InChI=1S/C30H39N3O4S2/c1-21-5-4-6-27(28-19-38-30(31-28)33-12-9-23(17-34)10-13-33)29(21)37-18-25-8-7-24(15-22(25)2)16-32(3)26-11-14-39(35,36)20-26/h4-8,15,17,19,23,26,30-31H,9-14,16,18,20H2,1-3H3. The fourth-order valence-electron chi connectivity index (χ4n) is 5.71. The van der Waals surface area contributed by atoms with Crippen LogP contribution in [0, 0.1) is 19.8 Å². The van der Waals surface area contributed by atoms with Gasteiger partial charge in [-0.3, -0.25) is 9.80 Å². The number of thioether (sulfide) groups is 1. The fourth-order valence-corrected chi connectivity index (χ4v) is 8.55. The second kappa shape index (κ2) is 12.0. The predicted molar refractivity (Wildman–Crippen MR) is 158 cm³/mol. The molecule has 2 aromatic rings. The monoisotopic (exact) mass is 569 g/mol. The SMILES string of the molecule is Cc1cc(CN(C)C2CCS(=O)(=O)C2)ccc1COc1c(C)cccc1C1=CSC(N2CCC(C=O)CC2)N1. The zero-order chi connectivity index (χ0) is 27.6. The first kappa shape index (κ1) is 28.2. The number of hydrogen-bond donors (Lipinski definition) is 1. The largest absolute Gasteiger partial charge is 0.488 e. The number of rotatable bonds is 9. The number of aryl methyl sites for hydroxylation is 2. The number of benzene rings is 2. The van der Waals surface area contributed by atoms with Gasteiger partial charge in [-0.25, -0.2) is 8.42 Å². The van der Waals surface area contributed by atoms with E-state index in [1.54, 1.807) is 11.8 Å². The molecule has 0 spiro atoms. The lowest BCUT2D eigenvalue weighted by Gasteiger charge is -2.34. The number of aldehydes is 1. The summed E-state index contributed by atoms with van der Waals surface area (Å²) in [6.07, 6.45) is 3.66. The summed E-state index contributed by atoms with van der Waals surface area (Å²) in [7, 11) is -0.875. The number of para-hydroxylation sites is 1. The van der Waals surface area contributed by atoms with Gasteiger partial charge in [0, 0.05) is 37.2 Å². The fraction of sp³-hybridized carbons (Fsp3) is 0.500. The van der Waals surface area contributed by atoms with Crippen molar-refractivity contribution in [3.05, 3.63) is 69.6 Å². The summed E-state index contributed by atoms with van der Waals surface area (Å²) < 4.78 is 30.2. The van der Waals surface area contributed by atoms with Crippen LogP contribution in [0.15, 0.2) is 41.8 Å². The zero-order valence-corrected chi connectivity index (χ0v) is 24.7. The van der Waals surface area contributed by atoms with E-state index in [1.807, 2.05) is 7.05 Å². The molecule has 9 heteroatoms. The topological polar surface area (TPSA) is 79.0 Å². The van der Waals surface area contributed by atoms with Gasteiger partial charge in [0.15, 0.2) is 9.84 Å². The molecule has 2 unspecified atom stereocenters. The van der Waals surface area contributed by atoms with Gasteiger partial charge in [0.2, 0.25) is 0 Å². The molecule has 2 fully saturated rings. The van der Waals surface area contributed by atoms with Crippen LogP contribution < -0.4 is 10.1 Å². The third-order valence-electron chi connectivity index (χ3n) is 8.24. The van der Waals surface area contributed by atoms with Gasteiger partial charge in [0.25, 0.3) is 0 Å². The van der Waals surface area contributed by atoms with E-state index < -0.39 is 9.84 Å². The Balaban J connectivity index is 1.21. The summed E-state index contributed by atoms with van der Waals surface area (Å²) in [5.41, 5.74) is 6.90. The van der Waals surface area contributed by atoms with Crippen molar-refractivity contribution in [2.24, 2.45) is 5.92 Å². The van der Waals surface area contributed by atoms with E-state index in [0.29, 0.717) is 18.8 Å². The van der Waals surface area contributed by atoms with Crippen LogP contribution in [-0.4, -0.2) is 67.7 Å². The number of nitrogens with zero attached hydrogens (tertiary/aromatic N) is 2. The van der Waals surface area contributed by atoms with Crippen molar-refractivity contribution in [2.75, 3.05) is 31.6 Å². The molecule has 3 aliphatic heterocycles. The Labute approximate surface area is 236 Å². The van der Waals surface area contributed by atoms with Crippen molar-refractivity contribution in [3.63, 3.8) is 0 Å². The van der Waals surface area contributed by atoms with Crippen molar-refractivity contribution >= 4 is 33.6 Å². The Morgan fingerprint density at radius 1 is 1.13 bits per heavy atom. The molecule has 1 N–H and O–H groups in total. The molecule has 5 rings (SSSR count). The lowest BCUT2D eigenvalue weighted by atomic mass is 9.99. The van der Waals surface area contributed by atoms with Gasteiger partial charge >= 0.3 is 0 Å². The molecule has 210 valence electrons.